The molecular formula is C31H31NO7. The van der Waals surface area contributed by atoms with E-state index in [1.165, 1.54) is 12.0 Å². The number of anilines is 1. The van der Waals surface area contributed by atoms with Gasteiger partial charge in [-0.25, -0.2) is 0 Å². The largest absolute Gasteiger partial charge is 0.507 e. The van der Waals surface area contributed by atoms with E-state index >= 15 is 0 Å². The fourth-order valence-corrected chi connectivity index (χ4v) is 4.87. The van der Waals surface area contributed by atoms with Gasteiger partial charge in [-0.1, -0.05) is 38.0 Å². The maximum absolute atomic E-state index is 13.5. The number of benzene rings is 3. The minimum atomic E-state index is -0.936. The number of amides is 1. The summed E-state index contributed by atoms with van der Waals surface area (Å²) < 4.78 is 22.7. The van der Waals surface area contributed by atoms with Crippen molar-refractivity contribution in [2.24, 2.45) is 0 Å². The SMILES string of the molecule is CCCCCOc1ccc(/C(O)=C2\C(=O)C(=O)N(c3ccc4c(c3)OCCO4)C2c2ccccc2OC)cc1. The molecule has 1 N–H and O–H groups in total. The van der Waals surface area contributed by atoms with Crippen LogP contribution in [0, 0.1) is 0 Å². The average Bonchev–Trinajstić information content (AvgIpc) is 3.24. The Morgan fingerprint density at radius 3 is 2.46 bits per heavy atom. The summed E-state index contributed by atoms with van der Waals surface area (Å²) in [6, 6.07) is 18.1. The molecule has 1 amide bonds. The Labute approximate surface area is 227 Å². The molecule has 5 rings (SSSR count). The summed E-state index contributed by atoms with van der Waals surface area (Å²) in [5, 5.41) is 11.5. The van der Waals surface area contributed by atoms with Gasteiger partial charge in [0.05, 0.1) is 25.3 Å². The Morgan fingerprint density at radius 2 is 1.72 bits per heavy atom. The number of methoxy groups -OCH3 is 1. The molecule has 3 aromatic carbocycles. The molecule has 8 heteroatoms. The third-order valence-corrected chi connectivity index (χ3v) is 6.83. The molecule has 202 valence electrons. The number of Topliss-reactive ketones (excluding diaryl/α,β-unsaturated/α-hetero) is 1. The second kappa shape index (κ2) is 11.5. The first-order valence-corrected chi connectivity index (χ1v) is 13.1. The zero-order valence-corrected chi connectivity index (χ0v) is 22.0. The lowest BCUT2D eigenvalue weighted by molar-refractivity contribution is -0.132. The van der Waals surface area contributed by atoms with Crippen LogP contribution in [0.15, 0.2) is 72.3 Å². The van der Waals surface area contributed by atoms with Crippen LogP contribution in [-0.4, -0.2) is 43.7 Å². The number of unbranched alkanes of at least 4 members (excludes halogenated alkanes) is 2. The van der Waals surface area contributed by atoms with Gasteiger partial charge < -0.3 is 24.1 Å². The van der Waals surface area contributed by atoms with Crippen molar-refractivity contribution in [3.8, 4) is 23.0 Å². The summed E-state index contributed by atoms with van der Waals surface area (Å²) in [4.78, 5) is 28.4. The van der Waals surface area contributed by atoms with Crippen molar-refractivity contribution in [1.29, 1.82) is 0 Å². The van der Waals surface area contributed by atoms with Crippen molar-refractivity contribution >= 4 is 23.1 Å². The van der Waals surface area contributed by atoms with E-state index in [0.717, 1.165) is 19.3 Å². The molecule has 1 atom stereocenters. The number of nitrogens with zero attached hydrogens (tertiary/aromatic N) is 1. The number of ether oxygens (including phenoxy) is 4. The van der Waals surface area contributed by atoms with Crippen LogP contribution in [0.2, 0.25) is 0 Å². The van der Waals surface area contributed by atoms with E-state index in [-0.39, 0.29) is 11.3 Å². The highest BCUT2D eigenvalue weighted by atomic mass is 16.6. The van der Waals surface area contributed by atoms with Crippen LogP contribution in [-0.2, 0) is 9.59 Å². The number of hydrogen-bond donors (Lipinski definition) is 1. The fourth-order valence-electron chi connectivity index (χ4n) is 4.87. The Balaban J connectivity index is 1.58. The second-order valence-electron chi connectivity index (χ2n) is 9.32. The van der Waals surface area contributed by atoms with Crippen molar-refractivity contribution in [2.45, 2.75) is 32.2 Å². The molecule has 0 aliphatic carbocycles. The number of para-hydroxylation sites is 1. The monoisotopic (exact) mass is 529 g/mol. The molecule has 3 aromatic rings. The summed E-state index contributed by atoms with van der Waals surface area (Å²) in [7, 11) is 1.52. The van der Waals surface area contributed by atoms with Crippen LogP contribution < -0.4 is 23.8 Å². The molecule has 2 aliphatic rings. The van der Waals surface area contributed by atoms with Gasteiger partial charge in [0.1, 0.15) is 30.5 Å². The smallest absolute Gasteiger partial charge is 0.300 e. The van der Waals surface area contributed by atoms with Gasteiger partial charge in [0.25, 0.3) is 11.7 Å². The van der Waals surface area contributed by atoms with E-state index in [1.807, 2.05) is 0 Å². The van der Waals surface area contributed by atoms with Gasteiger partial charge in [-0.2, -0.15) is 0 Å². The minimum Gasteiger partial charge on any atom is -0.507 e. The topological polar surface area (TPSA) is 94.5 Å². The van der Waals surface area contributed by atoms with E-state index in [0.29, 0.717) is 59.6 Å². The van der Waals surface area contributed by atoms with Gasteiger partial charge in [-0.15, -0.1) is 0 Å². The van der Waals surface area contributed by atoms with Crippen LogP contribution in [0.3, 0.4) is 0 Å². The predicted molar refractivity (Wildman–Crippen MR) is 147 cm³/mol. The number of fused-ring (bicyclic) bond motifs is 1. The Kier molecular flexibility index (Phi) is 7.72. The van der Waals surface area contributed by atoms with Gasteiger partial charge in [-0.05, 0) is 48.9 Å². The Morgan fingerprint density at radius 1 is 0.974 bits per heavy atom. The third kappa shape index (κ3) is 5.14. The third-order valence-electron chi connectivity index (χ3n) is 6.83. The number of carbonyl (C=O) groups excluding carboxylic acids is 2. The number of carbonyl (C=O) groups is 2. The van der Waals surface area contributed by atoms with Crippen LogP contribution >= 0.6 is 0 Å². The van der Waals surface area contributed by atoms with Gasteiger partial charge in [0, 0.05) is 22.9 Å². The predicted octanol–water partition coefficient (Wildman–Crippen LogP) is 5.66. The van der Waals surface area contributed by atoms with E-state index in [2.05, 4.69) is 6.92 Å². The Bertz CT molecular complexity index is 1400. The van der Waals surface area contributed by atoms with E-state index in [9.17, 15) is 14.7 Å². The molecule has 1 unspecified atom stereocenters. The van der Waals surface area contributed by atoms with Crippen LogP contribution in [0.25, 0.3) is 5.76 Å². The molecule has 0 spiro atoms. The lowest BCUT2D eigenvalue weighted by Crippen LogP contribution is -2.30. The van der Waals surface area contributed by atoms with Gasteiger partial charge >= 0.3 is 0 Å². The molecule has 0 radical (unpaired) electrons. The molecule has 0 bridgehead atoms. The number of ketones is 1. The zero-order chi connectivity index (χ0) is 27.4. The number of rotatable bonds is 9. The first-order chi connectivity index (χ1) is 19.0. The molecule has 1 fully saturated rings. The first kappa shape index (κ1) is 26.2. The standard InChI is InChI=1S/C31H31NO7/c1-3-4-7-16-37-22-13-10-20(11-14-22)29(33)27-28(23-8-5-6-9-24(23)36-2)32(31(35)30(27)34)21-12-15-25-26(19-21)39-18-17-38-25/h5-6,8-15,19,28,33H,3-4,7,16-18H2,1-2H3/b29-27+. The van der Waals surface area contributed by atoms with Crippen molar-refractivity contribution in [2.75, 3.05) is 31.8 Å². The summed E-state index contributed by atoms with van der Waals surface area (Å²) in [6.07, 6.45) is 3.15. The average molecular weight is 530 g/mol. The van der Waals surface area contributed by atoms with Gasteiger partial charge in [-0.3, -0.25) is 14.5 Å². The van der Waals surface area contributed by atoms with Gasteiger partial charge in [0.15, 0.2) is 11.5 Å². The minimum absolute atomic E-state index is 0.0315. The van der Waals surface area contributed by atoms with Crippen molar-refractivity contribution < 1.29 is 33.6 Å². The molecule has 2 aliphatic heterocycles. The van der Waals surface area contributed by atoms with Crippen LogP contribution in [0.5, 0.6) is 23.0 Å². The molecule has 8 nitrogen and oxygen atoms in total. The quantitative estimate of drug-likeness (QED) is 0.165. The second-order valence-corrected chi connectivity index (χ2v) is 9.32. The molecular weight excluding hydrogens is 498 g/mol. The van der Waals surface area contributed by atoms with Crippen LogP contribution in [0.4, 0.5) is 5.69 Å². The van der Waals surface area contributed by atoms with Crippen molar-refractivity contribution in [1.82, 2.24) is 0 Å². The number of aliphatic hydroxyl groups is 1. The highest BCUT2D eigenvalue weighted by Gasteiger charge is 2.48. The highest BCUT2D eigenvalue weighted by molar-refractivity contribution is 6.51. The van der Waals surface area contributed by atoms with Crippen molar-refractivity contribution in [3.63, 3.8) is 0 Å². The molecule has 0 saturated carbocycles. The highest BCUT2D eigenvalue weighted by Crippen LogP contribution is 2.46. The lowest BCUT2D eigenvalue weighted by atomic mass is 9.94. The first-order valence-electron chi connectivity index (χ1n) is 13.1. The summed E-state index contributed by atoms with van der Waals surface area (Å²) in [6.45, 7) is 3.55. The number of hydrogen-bond acceptors (Lipinski definition) is 7. The molecule has 0 aromatic heterocycles. The molecule has 1 saturated heterocycles. The van der Waals surface area contributed by atoms with E-state index in [4.69, 9.17) is 18.9 Å². The zero-order valence-electron chi connectivity index (χ0n) is 22.0. The maximum atomic E-state index is 13.5. The normalized spacial score (nSPS) is 17.8. The van der Waals surface area contributed by atoms with E-state index < -0.39 is 17.7 Å². The van der Waals surface area contributed by atoms with E-state index in [1.54, 1.807) is 66.7 Å². The lowest BCUT2D eigenvalue weighted by Gasteiger charge is -2.28. The van der Waals surface area contributed by atoms with Crippen LogP contribution in [0.1, 0.15) is 43.4 Å². The molecule has 2 heterocycles. The summed E-state index contributed by atoms with van der Waals surface area (Å²) >= 11 is 0. The Hall–Kier alpha value is -4.46. The number of aliphatic hydroxyl groups excluding tert-OH is 1. The maximum Gasteiger partial charge on any atom is 0.300 e. The summed E-state index contributed by atoms with van der Waals surface area (Å²) in [5.74, 6) is 0.357. The summed E-state index contributed by atoms with van der Waals surface area (Å²) in [5.41, 5.74) is 1.37. The van der Waals surface area contributed by atoms with Crippen molar-refractivity contribution in [3.05, 3.63) is 83.4 Å². The van der Waals surface area contributed by atoms with Gasteiger partial charge in [0.2, 0.25) is 0 Å². The molecule has 39 heavy (non-hydrogen) atoms. The fraction of sp³-hybridized carbons (Fsp3) is 0.290.